The fraction of sp³-hybridized carbons (Fsp3) is 0.409. The summed E-state index contributed by atoms with van der Waals surface area (Å²) in [5.41, 5.74) is 3.68. The Hall–Kier alpha value is -2.14. The molecule has 0 aromatic heterocycles. The molecule has 144 valence electrons. The predicted octanol–water partition coefficient (Wildman–Crippen LogP) is 4.26. The first kappa shape index (κ1) is 19.6. The summed E-state index contributed by atoms with van der Waals surface area (Å²) >= 11 is 1.96. The minimum Gasteiger partial charge on any atom is -0.493 e. The highest BCUT2D eigenvalue weighted by atomic mass is 32.2. The van der Waals surface area contributed by atoms with Crippen LogP contribution in [-0.4, -0.2) is 43.9 Å². The summed E-state index contributed by atoms with van der Waals surface area (Å²) in [7, 11) is 3.23. The molecule has 4 nitrogen and oxygen atoms in total. The molecule has 1 atom stereocenters. The summed E-state index contributed by atoms with van der Waals surface area (Å²) in [5, 5.41) is 0.463. The second kappa shape index (κ2) is 9.18. The Morgan fingerprint density at radius 3 is 2.63 bits per heavy atom. The van der Waals surface area contributed by atoms with Gasteiger partial charge in [0.05, 0.1) is 20.6 Å². The lowest BCUT2D eigenvalue weighted by Gasteiger charge is -2.21. The Morgan fingerprint density at radius 2 is 1.89 bits per heavy atom. The van der Waals surface area contributed by atoms with Crippen molar-refractivity contribution in [2.45, 2.75) is 25.0 Å². The molecule has 1 saturated heterocycles. The molecular weight excluding hydrogens is 358 g/mol. The molecule has 1 aliphatic heterocycles. The molecule has 5 heteroatoms. The Balaban J connectivity index is 1.64. The van der Waals surface area contributed by atoms with Gasteiger partial charge in [0.15, 0.2) is 11.5 Å². The number of carbonyl (C=O) groups excluding carboxylic acids is 1. The topological polar surface area (TPSA) is 38.8 Å². The van der Waals surface area contributed by atoms with Crippen LogP contribution in [0.1, 0.15) is 28.4 Å². The van der Waals surface area contributed by atoms with Gasteiger partial charge in [-0.2, -0.15) is 11.8 Å². The summed E-state index contributed by atoms with van der Waals surface area (Å²) < 4.78 is 10.6. The lowest BCUT2D eigenvalue weighted by atomic mass is 10.0. The van der Waals surface area contributed by atoms with Crippen LogP contribution in [-0.2, 0) is 11.2 Å². The fourth-order valence-electron chi connectivity index (χ4n) is 3.49. The monoisotopic (exact) mass is 385 g/mol. The van der Waals surface area contributed by atoms with Crippen molar-refractivity contribution in [2.24, 2.45) is 0 Å². The zero-order valence-electron chi connectivity index (χ0n) is 16.2. The minimum atomic E-state index is 0.174. The van der Waals surface area contributed by atoms with E-state index in [1.807, 2.05) is 34.9 Å². The maximum Gasteiger partial charge on any atom is 0.227 e. The number of ether oxygens (including phenoxy) is 2. The lowest BCUT2D eigenvalue weighted by Crippen LogP contribution is -2.34. The van der Waals surface area contributed by atoms with E-state index in [1.54, 1.807) is 14.2 Å². The van der Waals surface area contributed by atoms with Crippen LogP contribution < -0.4 is 9.47 Å². The predicted molar refractivity (Wildman–Crippen MR) is 111 cm³/mol. The van der Waals surface area contributed by atoms with Crippen LogP contribution >= 0.6 is 11.8 Å². The van der Waals surface area contributed by atoms with Crippen LogP contribution in [0.15, 0.2) is 42.5 Å². The molecule has 27 heavy (non-hydrogen) atoms. The van der Waals surface area contributed by atoms with Gasteiger partial charge in [0.1, 0.15) is 0 Å². The number of carbonyl (C=O) groups is 1. The first-order valence-corrected chi connectivity index (χ1v) is 10.3. The highest BCUT2D eigenvalue weighted by Gasteiger charge is 2.23. The zero-order valence-corrected chi connectivity index (χ0v) is 17.1. The van der Waals surface area contributed by atoms with E-state index in [-0.39, 0.29) is 5.91 Å². The molecule has 2 aromatic carbocycles. The van der Waals surface area contributed by atoms with Gasteiger partial charge in [-0.1, -0.05) is 30.3 Å². The van der Waals surface area contributed by atoms with Gasteiger partial charge in [0.2, 0.25) is 5.91 Å². The quantitative estimate of drug-likeness (QED) is 0.771. The van der Waals surface area contributed by atoms with Crippen molar-refractivity contribution in [2.75, 3.05) is 33.1 Å². The van der Waals surface area contributed by atoms with E-state index in [1.165, 1.54) is 11.1 Å². The number of thioether (sulfide) groups is 1. The largest absolute Gasteiger partial charge is 0.493 e. The number of hydrogen-bond acceptors (Lipinski definition) is 4. The van der Waals surface area contributed by atoms with Crippen molar-refractivity contribution in [3.8, 4) is 11.5 Å². The van der Waals surface area contributed by atoms with Crippen molar-refractivity contribution in [1.82, 2.24) is 4.90 Å². The normalized spacial score (nSPS) is 17.3. The van der Waals surface area contributed by atoms with Gasteiger partial charge in [-0.25, -0.2) is 0 Å². The van der Waals surface area contributed by atoms with Crippen molar-refractivity contribution >= 4 is 17.7 Å². The molecule has 0 aliphatic carbocycles. The number of hydrogen-bond donors (Lipinski definition) is 0. The highest BCUT2D eigenvalue weighted by Crippen LogP contribution is 2.36. The maximum absolute atomic E-state index is 12.8. The molecule has 0 radical (unpaired) electrons. The van der Waals surface area contributed by atoms with E-state index >= 15 is 0 Å². The minimum absolute atomic E-state index is 0.174. The van der Waals surface area contributed by atoms with Gasteiger partial charge >= 0.3 is 0 Å². The number of aryl methyl sites for hydroxylation is 1. The summed E-state index contributed by atoms with van der Waals surface area (Å²) in [4.78, 5) is 14.8. The number of amides is 1. The van der Waals surface area contributed by atoms with Crippen molar-refractivity contribution < 1.29 is 14.3 Å². The van der Waals surface area contributed by atoms with E-state index in [4.69, 9.17) is 9.47 Å². The van der Waals surface area contributed by atoms with E-state index < -0.39 is 0 Å². The van der Waals surface area contributed by atoms with Crippen LogP contribution in [0.5, 0.6) is 11.5 Å². The number of rotatable bonds is 5. The number of benzene rings is 2. The lowest BCUT2D eigenvalue weighted by molar-refractivity contribution is -0.130. The molecule has 1 amide bonds. The van der Waals surface area contributed by atoms with Crippen LogP contribution in [0, 0.1) is 6.92 Å². The van der Waals surface area contributed by atoms with Crippen LogP contribution in [0.2, 0.25) is 0 Å². The van der Waals surface area contributed by atoms with Gasteiger partial charge < -0.3 is 14.4 Å². The first-order chi connectivity index (χ1) is 13.1. The van der Waals surface area contributed by atoms with Gasteiger partial charge in [-0.3, -0.25) is 4.79 Å². The third-order valence-corrected chi connectivity index (χ3v) is 6.34. The maximum atomic E-state index is 12.8. The highest BCUT2D eigenvalue weighted by molar-refractivity contribution is 7.99. The molecule has 0 unspecified atom stereocenters. The van der Waals surface area contributed by atoms with Crippen molar-refractivity contribution in [3.05, 3.63) is 59.2 Å². The van der Waals surface area contributed by atoms with Crippen molar-refractivity contribution in [3.63, 3.8) is 0 Å². The number of nitrogens with zero attached hydrogens (tertiary/aromatic N) is 1. The third-order valence-electron chi connectivity index (χ3n) is 5.03. The SMILES string of the molecule is COc1ccc(CC(=O)N2CCS[C@H](c3ccccc3C)CC2)cc1OC. The molecule has 0 N–H and O–H groups in total. The standard InChI is InChI=1S/C22H27NO3S/c1-16-6-4-5-7-18(16)21-10-11-23(12-13-27-21)22(24)15-17-8-9-19(25-2)20(14-17)26-3/h4-9,14,21H,10-13,15H2,1-3H3/t21-/m0/s1. The molecule has 0 bridgehead atoms. The van der Waals surface area contributed by atoms with Crippen molar-refractivity contribution in [1.29, 1.82) is 0 Å². The average molecular weight is 386 g/mol. The Labute approximate surface area is 165 Å². The van der Waals surface area contributed by atoms with Gasteiger partial charge in [0, 0.05) is 24.1 Å². The third kappa shape index (κ3) is 4.78. The molecule has 0 spiro atoms. The molecule has 3 rings (SSSR count). The fourth-order valence-corrected chi connectivity index (χ4v) is 4.82. The Morgan fingerprint density at radius 1 is 1.11 bits per heavy atom. The molecular formula is C22H27NO3S. The first-order valence-electron chi connectivity index (χ1n) is 9.28. The van der Waals surface area contributed by atoms with E-state index in [0.717, 1.165) is 30.8 Å². The summed E-state index contributed by atoms with van der Waals surface area (Å²) in [6.45, 7) is 3.78. The van der Waals surface area contributed by atoms with Gasteiger partial charge in [0.25, 0.3) is 0 Å². The molecule has 0 saturated carbocycles. The smallest absolute Gasteiger partial charge is 0.227 e. The molecule has 1 aliphatic rings. The average Bonchev–Trinajstić information content (AvgIpc) is 2.94. The van der Waals surface area contributed by atoms with E-state index in [2.05, 4.69) is 31.2 Å². The summed E-state index contributed by atoms with van der Waals surface area (Å²) in [6.07, 6.45) is 1.38. The molecule has 2 aromatic rings. The Bertz CT molecular complexity index is 793. The van der Waals surface area contributed by atoms with Gasteiger partial charge in [-0.05, 0) is 42.2 Å². The molecule has 1 heterocycles. The Kier molecular flexibility index (Phi) is 6.67. The summed E-state index contributed by atoms with van der Waals surface area (Å²) in [6, 6.07) is 14.2. The van der Waals surface area contributed by atoms with E-state index in [9.17, 15) is 4.79 Å². The second-order valence-corrected chi connectivity index (χ2v) is 8.06. The van der Waals surface area contributed by atoms with Gasteiger partial charge in [-0.15, -0.1) is 0 Å². The zero-order chi connectivity index (χ0) is 19.2. The number of methoxy groups -OCH3 is 2. The van der Waals surface area contributed by atoms with Crippen LogP contribution in [0.25, 0.3) is 0 Å². The summed E-state index contributed by atoms with van der Waals surface area (Å²) in [5.74, 6) is 2.49. The van der Waals surface area contributed by atoms with Crippen LogP contribution in [0.4, 0.5) is 0 Å². The molecule has 1 fully saturated rings. The second-order valence-electron chi connectivity index (χ2n) is 6.75. The van der Waals surface area contributed by atoms with E-state index in [0.29, 0.717) is 23.2 Å². The van der Waals surface area contributed by atoms with Crippen LogP contribution in [0.3, 0.4) is 0 Å².